The van der Waals surface area contributed by atoms with E-state index < -0.39 is 0 Å². The molecule has 27 heavy (non-hydrogen) atoms. The van der Waals surface area contributed by atoms with Crippen molar-refractivity contribution in [1.82, 2.24) is 20.1 Å². The largest absolute Gasteiger partial charge is 0.375 e. The SMILES string of the molecule is Clc1ccccc1CN1CCO[C@@H](CSc2n[nH]c(-c3ccccc3)n2)C1. The highest BCUT2D eigenvalue weighted by molar-refractivity contribution is 7.99. The first-order chi connectivity index (χ1) is 13.3. The smallest absolute Gasteiger partial charge is 0.208 e. The van der Waals surface area contributed by atoms with E-state index in [0.29, 0.717) is 0 Å². The van der Waals surface area contributed by atoms with Crippen molar-refractivity contribution in [3.05, 3.63) is 65.2 Å². The summed E-state index contributed by atoms with van der Waals surface area (Å²) in [5.41, 5.74) is 2.20. The maximum absolute atomic E-state index is 6.29. The molecule has 0 amide bonds. The lowest BCUT2D eigenvalue weighted by Crippen LogP contribution is -2.43. The maximum atomic E-state index is 6.29. The van der Waals surface area contributed by atoms with Gasteiger partial charge in [0.2, 0.25) is 5.16 Å². The minimum atomic E-state index is 0.157. The van der Waals surface area contributed by atoms with Gasteiger partial charge in [-0.1, -0.05) is 71.9 Å². The summed E-state index contributed by atoms with van der Waals surface area (Å²) >= 11 is 7.91. The van der Waals surface area contributed by atoms with Crippen LogP contribution in [0.3, 0.4) is 0 Å². The second-order valence-corrected chi connectivity index (χ2v) is 7.86. The van der Waals surface area contributed by atoms with Crippen molar-refractivity contribution in [3.8, 4) is 11.4 Å². The molecule has 4 rings (SSSR count). The van der Waals surface area contributed by atoms with Crippen LogP contribution in [0.1, 0.15) is 5.56 Å². The Morgan fingerprint density at radius 1 is 1.15 bits per heavy atom. The fraction of sp³-hybridized carbons (Fsp3) is 0.300. The van der Waals surface area contributed by atoms with E-state index in [-0.39, 0.29) is 6.10 Å². The minimum absolute atomic E-state index is 0.157. The molecule has 0 unspecified atom stereocenters. The van der Waals surface area contributed by atoms with Gasteiger partial charge in [0.25, 0.3) is 0 Å². The minimum Gasteiger partial charge on any atom is -0.375 e. The molecule has 0 spiro atoms. The van der Waals surface area contributed by atoms with Crippen molar-refractivity contribution >= 4 is 23.4 Å². The number of benzene rings is 2. The van der Waals surface area contributed by atoms with Crippen molar-refractivity contribution in [2.75, 3.05) is 25.4 Å². The van der Waals surface area contributed by atoms with Crippen LogP contribution in [-0.4, -0.2) is 51.6 Å². The topological polar surface area (TPSA) is 54.0 Å². The third-order valence-corrected chi connectivity index (χ3v) is 5.83. The first kappa shape index (κ1) is 18.5. The lowest BCUT2D eigenvalue weighted by atomic mass is 10.2. The molecule has 3 aromatic rings. The number of morpholine rings is 1. The molecule has 0 aliphatic carbocycles. The predicted octanol–water partition coefficient (Wildman–Crippen LogP) is 4.12. The molecule has 140 valence electrons. The summed E-state index contributed by atoms with van der Waals surface area (Å²) in [6.45, 7) is 3.39. The van der Waals surface area contributed by atoms with Gasteiger partial charge in [-0.05, 0) is 11.6 Å². The lowest BCUT2D eigenvalue weighted by molar-refractivity contribution is -0.0187. The Hall–Kier alpha value is -1.86. The number of rotatable bonds is 6. The molecule has 1 aromatic heterocycles. The lowest BCUT2D eigenvalue weighted by Gasteiger charge is -2.32. The molecular formula is C20H21ClN4OS. The number of hydrogen-bond donors (Lipinski definition) is 1. The van der Waals surface area contributed by atoms with Crippen molar-refractivity contribution in [2.45, 2.75) is 17.8 Å². The first-order valence-corrected chi connectivity index (χ1v) is 10.3. The molecule has 1 N–H and O–H groups in total. The van der Waals surface area contributed by atoms with Gasteiger partial charge in [0.05, 0.1) is 12.7 Å². The van der Waals surface area contributed by atoms with Gasteiger partial charge in [0, 0.05) is 36.0 Å². The van der Waals surface area contributed by atoms with E-state index >= 15 is 0 Å². The van der Waals surface area contributed by atoms with Crippen LogP contribution in [0, 0.1) is 0 Å². The normalized spacial score (nSPS) is 17.9. The second-order valence-electron chi connectivity index (χ2n) is 6.46. The predicted molar refractivity (Wildman–Crippen MR) is 109 cm³/mol. The molecule has 1 aliphatic heterocycles. The zero-order valence-corrected chi connectivity index (χ0v) is 16.4. The van der Waals surface area contributed by atoms with Crippen molar-refractivity contribution in [1.29, 1.82) is 0 Å². The van der Waals surface area contributed by atoms with Crippen LogP contribution in [-0.2, 0) is 11.3 Å². The Labute approximate surface area is 168 Å². The van der Waals surface area contributed by atoms with Crippen LogP contribution < -0.4 is 0 Å². The second kappa shape index (κ2) is 8.89. The van der Waals surface area contributed by atoms with Crippen molar-refractivity contribution in [3.63, 3.8) is 0 Å². The van der Waals surface area contributed by atoms with E-state index in [0.717, 1.165) is 59.1 Å². The standard InChI is InChI=1S/C20H21ClN4OS/c21-18-9-5-4-8-16(18)12-25-10-11-26-17(13-25)14-27-20-22-19(23-24-20)15-6-2-1-3-7-15/h1-9,17H,10-14H2,(H,22,23,24)/t17-/m1/s1. The van der Waals surface area contributed by atoms with E-state index in [1.54, 1.807) is 11.8 Å². The number of H-pyrrole nitrogens is 1. The Morgan fingerprint density at radius 2 is 1.96 bits per heavy atom. The quantitative estimate of drug-likeness (QED) is 0.631. The number of aromatic amines is 1. The van der Waals surface area contributed by atoms with Crippen LogP contribution in [0.25, 0.3) is 11.4 Å². The third-order valence-electron chi connectivity index (χ3n) is 4.49. The summed E-state index contributed by atoms with van der Waals surface area (Å²) in [6.07, 6.45) is 0.157. The van der Waals surface area contributed by atoms with Crippen LogP contribution in [0.4, 0.5) is 0 Å². The summed E-state index contributed by atoms with van der Waals surface area (Å²) in [7, 11) is 0. The molecule has 5 nitrogen and oxygen atoms in total. The van der Waals surface area contributed by atoms with Gasteiger partial charge in [-0.3, -0.25) is 10.00 Å². The molecule has 0 bridgehead atoms. The third kappa shape index (κ3) is 4.90. The monoisotopic (exact) mass is 400 g/mol. The van der Waals surface area contributed by atoms with Crippen LogP contribution >= 0.6 is 23.4 Å². The summed E-state index contributed by atoms with van der Waals surface area (Å²) in [5, 5.41) is 8.90. The molecule has 0 saturated carbocycles. The van der Waals surface area contributed by atoms with Gasteiger partial charge in [0.1, 0.15) is 0 Å². The highest BCUT2D eigenvalue weighted by Crippen LogP contribution is 2.23. The highest BCUT2D eigenvalue weighted by atomic mass is 35.5. The van der Waals surface area contributed by atoms with Gasteiger partial charge in [-0.25, -0.2) is 4.98 Å². The molecular weight excluding hydrogens is 380 g/mol. The maximum Gasteiger partial charge on any atom is 0.208 e. The van der Waals surface area contributed by atoms with E-state index in [1.807, 2.05) is 48.5 Å². The van der Waals surface area contributed by atoms with Gasteiger partial charge in [-0.15, -0.1) is 5.10 Å². The van der Waals surface area contributed by atoms with Gasteiger partial charge >= 0.3 is 0 Å². The number of nitrogens with zero attached hydrogens (tertiary/aromatic N) is 3. The number of halogens is 1. The van der Waals surface area contributed by atoms with Crippen LogP contribution in [0.15, 0.2) is 59.8 Å². The number of nitrogens with one attached hydrogen (secondary N) is 1. The summed E-state index contributed by atoms with van der Waals surface area (Å²) in [4.78, 5) is 6.97. The summed E-state index contributed by atoms with van der Waals surface area (Å²) in [6, 6.07) is 18.0. The van der Waals surface area contributed by atoms with Crippen molar-refractivity contribution < 1.29 is 4.74 Å². The van der Waals surface area contributed by atoms with Gasteiger partial charge < -0.3 is 4.74 Å². The molecule has 1 saturated heterocycles. The van der Waals surface area contributed by atoms with Crippen molar-refractivity contribution in [2.24, 2.45) is 0 Å². The molecule has 1 fully saturated rings. The van der Waals surface area contributed by atoms with Gasteiger partial charge in [-0.2, -0.15) is 0 Å². The van der Waals surface area contributed by atoms with E-state index in [9.17, 15) is 0 Å². The molecule has 0 radical (unpaired) electrons. The molecule has 2 aromatic carbocycles. The number of thioether (sulfide) groups is 1. The average molecular weight is 401 g/mol. The Kier molecular flexibility index (Phi) is 6.09. The van der Waals surface area contributed by atoms with Crippen LogP contribution in [0.5, 0.6) is 0 Å². The number of ether oxygens (including phenoxy) is 1. The van der Waals surface area contributed by atoms with E-state index in [1.165, 1.54) is 0 Å². The fourth-order valence-electron chi connectivity index (χ4n) is 3.10. The zero-order valence-electron chi connectivity index (χ0n) is 14.8. The highest BCUT2D eigenvalue weighted by Gasteiger charge is 2.22. The first-order valence-electron chi connectivity index (χ1n) is 8.96. The van der Waals surface area contributed by atoms with E-state index in [4.69, 9.17) is 16.3 Å². The van der Waals surface area contributed by atoms with Gasteiger partial charge in [0.15, 0.2) is 5.82 Å². The molecule has 2 heterocycles. The zero-order chi connectivity index (χ0) is 18.5. The fourth-order valence-corrected chi connectivity index (χ4v) is 4.09. The Balaban J connectivity index is 1.31. The van der Waals surface area contributed by atoms with E-state index in [2.05, 4.69) is 26.1 Å². The number of hydrogen-bond acceptors (Lipinski definition) is 5. The average Bonchev–Trinajstić information content (AvgIpc) is 3.18. The molecule has 1 atom stereocenters. The summed E-state index contributed by atoms with van der Waals surface area (Å²) in [5.74, 6) is 1.62. The Morgan fingerprint density at radius 3 is 2.81 bits per heavy atom. The molecule has 1 aliphatic rings. The molecule has 7 heteroatoms. The number of aromatic nitrogens is 3. The van der Waals surface area contributed by atoms with Crippen LogP contribution in [0.2, 0.25) is 5.02 Å². The Bertz CT molecular complexity index is 873. The summed E-state index contributed by atoms with van der Waals surface area (Å²) < 4.78 is 5.93.